The van der Waals surface area contributed by atoms with Crippen LogP contribution in [0.4, 0.5) is 0 Å². The van der Waals surface area contributed by atoms with Crippen molar-refractivity contribution in [1.82, 2.24) is 4.57 Å². The maximum atomic E-state index is 12.9. The average Bonchev–Trinajstić information content (AvgIpc) is 2.99. The molecular weight excluding hydrogens is 358 g/mol. The quantitative estimate of drug-likeness (QED) is 0.432. The molecule has 150 valence electrons. The molecule has 3 rings (SSSR count). The third-order valence-corrected chi connectivity index (χ3v) is 5.60. The van der Waals surface area contributed by atoms with E-state index in [-0.39, 0.29) is 32.0 Å². The van der Waals surface area contributed by atoms with Gasteiger partial charge in [0.2, 0.25) is 0 Å². The maximum Gasteiger partial charge on any atom is 0.323 e. The topological polar surface area (TPSA) is 66.8 Å². The molecule has 2 aromatic rings. The van der Waals surface area contributed by atoms with Crippen LogP contribution < -0.4 is 4.74 Å². The van der Waals surface area contributed by atoms with Crippen LogP contribution in [0, 0.1) is 5.41 Å². The number of nitrogens with zero attached hydrogens (tertiary/aromatic N) is 1. The Morgan fingerprint density at radius 2 is 1.89 bits per heavy atom. The Balaban J connectivity index is 2.23. The normalized spacial score (nSPS) is 17.6. The highest BCUT2D eigenvalue weighted by Gasteiger charge is 2.54. The van der Waals surface area contributed by atoms with E-state index in [2.05, 4.69) is 6.58 Å². The van der Waals surface area contributed by atoms with E-state index in [1.807, 2.05) is 29.8 Å². The molecule has 28 heavy (non-hydrogen) atoms. The van der Waals surface area contributed by atoms with Crippen molar-refractivity contribution in [1.29, 1.82) is 0 Å². The Morgan fingerprint density at radius 1 is 1.25 bits per heavy atom. The fraction of sp³-hybridized carbons (Fsp3) is 0.455. The lowest BCUT2D eigenvalue weighted by molar-refractivity contribution is -0.173. The Kier molecular flexibility index (Phi) is 5.49. The Bertz CT molecular complexity index is 909. The van der Waals surface area contributed by atoms with Crippen LogP contribution in [0.3, 0.4) is 0 Å². The second-order valence-electron chi connectivity index (χ2n) is 7.05. The van der Waals surface area contributed by atoms with Gasteiger partial charge in [-0.25, -0.2) is 0 Å². The number of rotatable bonds is 6. The van der Waals surface area contributed by atoms with E-state index in [1.165, 1.54) is 0 Å². The average molecular weight is 385 g/mol. The monoisotopic (exact) mass is 385 g/mol. The van der Waals surface area contributed by atoms with E-state index in [0.29, 0.717) is 0 Å². The summed E-state index contributed by atoms with van der Waals surface area (Å²) in [6.45, 7) is 7.86. The number of aryl methyl sites for hydroxylation is 1. The highest BCUT2D eigenvalue weighted by atomic mass is 16.6. The first-order valence-electron chi connectivity index (χ1n) is 9.55. The molecule has 0 bridgehead atoms. The Morgan fingerprint density at radius 3 is 2.43 bits per heavy atom. The van der Waals surface area contributed by atoms with Gasteiger partial charge in [0, 0.05) is 36.0 Å². The van der Waals surface area contributed by atoms with Gasteiger partial charge in [-0.15, -0.1) is 6.58 Å². The zero-order valence-corrected chi connectivity index (χ0v) is 16.9. The number of hydrogen-bond donors (Lipinski definition) is 0. The van der Waals surface area contributed by atoms with E-state index >= 15 is 0 Å². The van der Waals surface area contributed by atoms with E-state index in [1.54, 1.807) is 27.0 Å². The molecule has 1 aliphatic carbocycles. The number of aromatic nitrogens is 1. The van der Waals surface area contributed by atoms with Crippen molar-refractivity contribution in [3.63, 3.8) is 0 Å². The van der Waals surface area contributed by atoms with Crippen LogP contribution in [0.1, 0.15) is 37.4 Å². The van der Waals surface area contributed by atoms with Crippen molar-refractivity contribution in [3.8, 4) is 5.75 Å². The number of ether oxygens (including phenoxy) is 3. The molecule has 1 heterocycles. The minimum Gasteiger partial charge on any atom is -0.497 e. The zero-order valence-electron chi connectivity index (χ0n) is 16.9. The lowest BCUT2D eigenvalue weighted by atomic mass is 9.68. The number of allylic oxidation sites excluding steroid dienone is 1. The fourth-order valence-electron chi connectivity index (χ4n) is 4.23. The first-order chi connectivity index (χ1) is 13.4. The number of hydrogen-bond acceptors (Lipinski definition) is 5. The molecule has 1 atom stereocenters. The number of methoxy groups -OCH3 is 1. The number of carbonyl (C=O) groups excluding carboxylic acids is 2. The summed E-state index contributed by atoms with van der Waals surface area (Å²) < 4.78 is 18.0. The molecule has 0 radical (unpaired) electrons. The van der Waals surface area contributed by atoms with Crippen LogP contribution in [0.15, 0.2) is 30.9 Å². The minimum atomic E-state index is -1.37. The minimum absolute atomic E-state index is 0.187. The summed E-state index contributed by atoms with van der Waals surface area (Å²) in [4.78, 5) is 25.9. The predicted octanol–water partition coefficient (Wildman–Crippen LogP) is 3.52. The van der Waals surface area contributed by atoms with E-state index in [9.17, 15) is 9.59 Å². The predicted molar refractivity (Wildman–Crippen MR) is 106 cm³/mol. The van der Waals surface area contributed by atoms with Gasteiger partial charge in [0.25, 0.3) is 0 Å². The molecule has 0 fully saturated rings. The third-order valence-electron chi connectivity index (χ3n) is 5.60. The molecular formula is C22H27NO5. The van der Waals surface area contributed by atoms with E-state index < -0.39 is 17.4 Å². The Hall–Kier alpha value is -2.76. The van der Waals surface area contributed by atoms with Crippen LogP contribution in [-0.4, -0.2) is 36.8 Å². The van der Waals surface area contributed by atoms with Gasteiger partial charge in [-0.1, -0.05) is 6.08 Å². The van der Waals surface area contributed by atoms with Gasteiger partial charge in [0.15, 0.2) is 5.41 Å². The van der Waals surface area contributed by atoms with Gasteiger partial charge in [0.05, 0.1) is 20.3 Å². The van der Waals surface area contributed by atoms with Crippen LogP contribution in [-0.2, 0) is 32.5 Å². The highest BCUT2D eigenvalue weighted by Crippen LogP contribution is 2.48. The second kappa shape index (κ2) is 7.70. The molecule has 6 heteroatoms. The molecule has 1 aromatic carbocycles. The summed E-state index contributed by atoms with van der Waals surface area (Å²) >= 11 is 0. The fourth-order valence-corrected chi connectivity index (χ4v) is 4.23. The van der Waals surface area contributed by atoms with Crippen molar-refractivity contribution < 1.29 is 23.8 Å². The highest BCUT2D eigenvalue weighted by molar-refractivity contribution is 6.02. The summed E-state index contributed by atoms with van der Waals surface area (Å²) in [5.74, 6) is -0.493. The molecule has 1 aliphatic rings. The van der Waals surface area contributed by atoms with Crippen molar-refractivity contribution >= 4 is 22.8 Å². The van der Waals surface area contributed by atoms with Gasteiger partial charge in [0.1, 0.15) is 5.75 Å². The first-order valence-corrected chi connectivity index (χ1v) is 9.55. The lowest BCUT2D eigenvalue weighted by Gasteiger charge is -2.36. The van der Waals surface area contributed by atoms with Gasteiger partial charge >= 0.3 is 11.9 Å². The lowest BCUT2D eigenvalue weighted by Crippen LogP contribution is -2.47. The molecule has 0 N–H and O–H groups in total. The molecule has 1 aromatic heterocycles. The largest absolute Gasteiger partial charge is 0.497 e. The van der Waals surface area contributed by atoms with E-state index in [0.717, 1.165) is 27.9 Å². The standard InChI is InChI=1S/C22H27NO5/c1-6-14-12-22(20(24)27-7-2,21(25)28-8-3)13-18-19(14)16-11-15(26-5)9-10-17(16)23(18)4/h6,9-11,14H,1,7-8,12-13H2,2-5H3/t14-/m1/s1. The summed E-state index contributed by atoms with van der Waals surface area (Å²) in [5.41, 5.74) is 1.64. The summed E-state index contributed by atoms with van der Waals surface area (Å²) in [7, 11) is 3.58. The SMILES string of the molecule is C=C[C@@H]1CC(C(=O)OCC)(C(=O)OCC)Cc2c1c1cc(OC)ccc1n2C. The van der Waals surface area contributed by atoms with Gasteiger partial charge in [-0.05, 0) is 44.0 Å². The summed E-state index contributed by atoms with van der Waals surface area (Å²) in [5, 5.41) is 1.04. The van der Waals surface area contributed by atoms with Crippen LogP contribution >= 0.6 is 0 Å². The number of carbonyl (C=O) groups is 2. The van der Waals surface area contributed by atoms with Crippen molar-refractivity contribution in [2.75, 3.05) is 20.3 Å². The maximum absolute atomic E-state index is 12.9. The molecule has 0 saturated heterocycles. The molecule has 0 amide bonds. The smallest absolute Gasteiger partial charge is 0.323 e. The zero-order chi connectivity index (χ0) is 20.5. The van der Waals surface area contributed by atoms with Crippen molar-refractivity contribution in [2.24, 2.45) is 12.5 Å². The molecule has 0 unspecified atom stereocenters. The van der Waals surface area contributed by atoms with Gasteiger partial charge < -0.3 is 18.8 Å². The Labute approximate surface area is 165 Å². The van der Waals surface area contributed by atoms with Crippen molar-refractivity contribution in [3.05, 3.63) is 42.1 Å². The molecule has 0 spiro atoms. The number of benzene rings is 1. The molecule has 0 saturated carbocycles. The van der Waals surface area contributed by atoms with Crippen molar-refractivity contribution in [2.45, 2.75) is 32.6 Å². The summed E-state index contributed by atoms with van der Waals surface area (Å²) in [6.07, 6.45) is 2.30. The van der Waals surface area contributed by atoms with Gasteiger partial charge in [-0.2, -0.15) is 0 Å². The summed E-state index contributed by atoms with van der Waals surface area (Å²) in [6, 6.07) is 5.89. The molecule has 6 nitrogen and oxygen atoms in total. The number of fused-ring (bicyclic) bond motifs is 3. The van der Waals surface area contributed by atoms with Gasteiger partial charge in [-0.3, -0.25) is 9.59 Å². The first kappa shape index (κ1) is 20.0. The third kappa shape index (κ3) is 2.97. The molecule has 0 aliphatic heterocycles. The second-order valence-corrected chi connectivity index (χ2v) is 7.05. The van der Waals surface area contributed by atoms with E-state index in [4.69, 9.17) is 14.2 Å². The van der Waals surface area contributed by atoms with Crippen LogP contribution in [0.25, 0.3) is 10.9 Å². The number of esters is 2. The van der Waals surface area contributed by atoms with Crippen LogP contribution in [0.2, 0.25) is 0 Å². The van der Waals surface area contributed by atoms with Crippen LogP contribution in [0.5, 0.6) is 5.75 Å².